The molecule has 0 aliphatic rings. The Balaban J connectivity index is 2.32. The summed E-state index contributed by atoms with van der Waals surface area (Å²) in [6.07, 6.45) is 0.659. The fraction of sp³-hybridized carbons (Fsp3) is 0. The molecule has 0 aliphatic carbocycles. The van der Waals surface area contributed by atoms with E-state index in [9.17, 15) is 19.7 Å². The summed E-state index contributed by atoms with van der Waals surface area (Å²) in [6, 6.07) is 11.6. The van der Waals surface area contributed by atoms with Gasteiger partial charge in [-0.15, -0.1) is 0 Å². The zero-order valence-corrected chi connectivity index (χ0v) is 9.78. The van der Waals surface area contributed by atoms with E-state index in [-0.39, 0.29) is 11.5 Å². The van der Waals surface area contributed by atoms with Gasteiger partial charge >= 0.3 is 0 Å². The fourth-order valence-electron chi connectivity index (χ4n) is 1.65. The highest BCUT2D eigenvalue weighted by Gasteiger charge is 2.11. The Hall–Kier alpha value is -2.82. The van der Waals surface area contributed by atoms with E-state index in [0.29, 0.717) is 23.0 Å². The third kappa shape index (κ3) is 2.71. The van der Waals surface area contributed by atoms with Crippen LogP contribution in [0.25, 0.3) is 0 Å². The third-order valence-corrected chi connectivity index (χ3v) is 2.63. The Labute approximate surface area is 108 Å². The van der Waals surface area contributed by atoms with Crippen LogP contribution >= 0.6 is 0 Å². The molecule has 0 saturated carbocycles. The first-order valence-electron chi connectivity index (χ1n) is 5.46. The molecule has 2 aromatic rings. The maximum atomic E-state index is 12.1. The molecule has 19 heavy (non-hydrogen) atoms. The van der Waals surface area contributed by atoms with Gasteiger partial charge in [0.15, 0.2) is 5.78 Å². The molecule has 0 unspecified atom stereocenters. The van der Waals surface area contributed by atoms with Crippen molar-refractivity contribution in [2.24, 2.45) is 0 Å². The lowest BCUT2D eigenvalue weighted by molar-refractivity contribution is -0.384. The lowest BCUT2D eigenvalue weighted by Crippen LogP contribution is -2.02. The molecule has 0 fully saturated rings. The number of nitro benzene ring substituents is 1. The molecular formula is C14H9NO4. The summed E-state index contributed by atoms with van der Waals surface area (Å²) in [6.45, 7) is 0. The number of carbonyl (C=O) groups is 2. The van der Waals surface area contributed by atoms with Gasteiger partial charge in [-0.2, -0.15) is 0 Å². The van der Waals surface area contributed by atoms with Crippen LogP contribution < -0.4 is 0 Å². The van der Waals surface area contributed by atoms with Crippen LogP contribution in [0.2, 0.25) is 0 Å². The summed E-state index contributed by atoms with van der Waals surface area (Å²) in [5.41, 5.74) is 1.05. The van der Waals surface area contributed by atoms with Gasteiger partial charge in [0.25, 0.3) is 5.69 Å². The van der Waals surface area contributed by atoms with Gasteiger partial charge in [0.1, 0.15) is 6.29 Å². The number of nitro groups is 1. The van der Waals surface area contributed by atoms with Crippen molar-refractivity contribution in [1.82, 2.24) is 0 Å². The van der Waals surface area contributed by atoms with Crippen LogP contribution in [0.5, 0.6) is 0 Å². The van der Waals surface area contributed by atoms with E-state index in [1.165, 1.54) is 30.3 Å². The summed E-state index contributed by atoms with van der Waals surface area (Å²) in [5.74, 6) is -0.279. The third-order valence-electron chi connectivity index (χ3n) is 2.63. The number of hydrogen-bond acceptors (Lipinski definition) is 4. The van der Waals surface area contributed by atoms with E-state index < -0.39 is 4.92 Å². The average Bonchev–Trinajstić information content (AvgIpc) is 2.46. The van der Waals surface area contributed by atoms with Crippen LogP contribution in [-0.4, -0.2) is 17.0 Å². The quantitative estimate of drug-likeness (QED) is 0.364. The molecule has 0 spiro atoms. The molecule has 0 aliphatic heterocycles. The Morgan fingerprint density at radius 1 is 1.05 bits per heavy atom. The monoisotopic (exact) mass is 255 g/mol. The fourth-order valence-corrected chi connectivity index (χ4v) is 1.65. The number of hydrogen-bond donors (Lipinski definition) is 0. The van der Waals surface area contributed by atoms with Gasteiger partial charge in [0.05, 0.1) is 4.92 Å². The molecule has 0 N–H and O–H groups in total. The largest absolute Gasteiger partial charge is 0.298 e. The van der Waals surface area contributed by atoms with E-state index in [1.54, 1.807) is 18.2 Å². The SMILES string of the molecule is O=Cc1cccc(C(=O)c2ccc([N+](=O)[O-])cc2)c1. The lowest BCUT2D eigenvalue weighted by Gasteiger charge is -2.01. The van der Waals surface area contributed by atoms with Gasteiger partial charge in [-0.25, -0.2) is 0 Å². The molecule has 0 aromatic heterocycles. The molecule has 0 saturated heterocycles. The van der Waals surface area contributed by atoms with Crippen molar-refractivity contribution in [3.8, 4) is 0 Å². The highest BCUT2D eigenvalue weighted by atomic mass is 16.6. The first-order chi connectivity index (χ1) is 9.11. The maximum Gasteiger partial charge on any atom is 0.269 e. The predicted molar refractivity (Wildman–Crippen MR) is 68.4 cm³/mol. The van der Waals surface area contributed by atoms with Crippen molar-refractivity contribution in [3.63, 3.8) is 0 Å². The van der Waals surface area contributed by atoms with Crippen LogP contribution in [0.15, 0.2) is 48.5 Å². The molecule has 0 radical (unpaired) electrons. The van der Waals surface area contributed by atoms with Gasteiger partial charge < -0.3 is 0 Å². The number of rotatable bonds is 4. The Kier molecular flexibility index (Phi) is 3.47. The van der Waals surface area contributed by atoms with E-state index in [0.717, 1.165) is 0 Å². The molecule has 2 rings (SSSR count). The van der Waals surface area contributed by atoms with E-state index in [2.05, 4.69) is 0 Å². The summed E-state index contributed by atoms with van der Waals surface area (Å²) >= 11 is 0. The number of ketones is 1. The van der Waals surface area contributed by atoms with Gasteiger partial charge in [0, 0.05) is 28.8 Å². The van der Waals surface area contributed by atoms with E-state index in [1.807, 2.05) is 0 Å². The minimum atomic E-state index is -0.527. The molecule has 0 bridgehead atoms. The highest BCUT2D eigenvalue weighted by Crippen LogP contribution is 2.15. The van der Waals surface area contributed by atoms with Crippen molar-refractivity contribution in [1.29, 1.82) is 0 Å². The Morgan fingerprint density at radius 2 is 1.74 bits per heavy atom. The second-order valence-electron chi connectivity index (χ2n) is 3.88. The minimum absolute atomic E-state index is 0.0711. The van der Waals surface area contributed by atoms with Crippen LogP contribution in [0.1, 0.15) is 26.3 Å². The second kappa shape index (κ2) is 5.22. The predicted octanol–water partition coefficient (Wildman–Crippen LogP) is 2.64. The van der Waals surface area contributed by atoms with Crippen LogP contribution in [0.3, 0.4) is 0 Å². The topological polar surface area (TPSA) is 77.3 Å². The standard InChI is InChI=1S/C14H9NO4/c16-9-10-2-1-3-12(8-10)14(17)11-4-6-13(7-5-11)15(18)19/h1-9H. The van der Waals surface area contributed by atoms with Crippen molar-refractivity contribution < 1.29 is 14.5 Å². The van der Waals surface area contributed by atoms with Crippen LogP contribution in [0, 0.1) is 10.1 Å². The summed E-state index contributed by atoms with van der Waals surface area (Å²) in [7, 11) is 0. The molecule has 2 aromatic carbocycles. The first-order valence-corrected chi connectivity index (χ1v) is 5.46. The van der Waals surface area contributed by atoms with Crippen LogP contribution in [0.4, 0.5) is 5.69 Å². The number of aldehydes is 1. The molecule has 94 valence electrons. The van der Waals surface area contributed by atoms with Crippen molar-refractivity contribution in [3.05, 3.63) is 75.3 Å². The molecule has 0 heterocycles. The molecule has 5 heteroatoms. The van der Waals surface area contributed by atoms with Gasteiger partial charge in [-0.3, -0.25) is 19.7 Å². The Morgan fingerprint density at radius 3 is 2.32 bits per heavy atom. The number of benzene rings is 2. The second-order valence-corrected chi connectivity index (χ2v) is 3.88. The molecule has 0 atom stereocenters. The van der Waals surface area contributed by atoms with E-state index in [4.69, 9.17) is 0 Å². The van der Waals surface area contributed by atoms with Crippen molar-refractivity contribution in [2.75, 3.05) is 0 Å². The number of nitrogens with zero attached hydrogens (tertiary/aromatic N) is 1. The molecule has 0 amide bonds. The molecule has 5 nitrogen and oxygen atoms in total. The first kappa shape index (κ1) is 12.6. The van der Waals surface area contributed by atoms with Crippen molar-refractivity contribution in [2.45, 2.75) is 0 Å². The number of non-ortho nitro benzene ring substituents is 1. The van der Waals surface area contributed by atoms with Gasteiger partial charge in [-0.05, 0) is 18.2 Å². The Bertz CT molecular complexity index is 647. The zero-order chi connectivity index (χ0) is 13.8. The number of carbonyl (C=O) groups excluding carboxylic acids is 2. The zero-order valence-electron chi connectivity index (χ0n) is 9.78. The maximum absolute atomic E-state index is 12.1. The summed E-state index contributed by atoms with van der Waals surface area (Å²) in [5, 5.41) is 10.5. The van der Waals surface area contributed by atoms with Crippen LogP contribution in [-0.2, 0) is 0 Å². The minimum Gasteiger partial charge on any atom is -0.298 e. The van der Waals surface area contributed by atoms with E-state index >= 15 is 0 Å². The van der Waals surface area contributed by atoms with Crippen molar-refractivity contribution >= 4 is 17.8 Å². The normalized spacial score (nSPS) is 9.89. The molecular weight excluding hydrogens is 246 g/mol. The summed E-state index contributed by atoms with van der Waals surface area (Å²) in [4.78, 5) is 32.8. The highest BCUT2D eigenvalue weighted by molar-refractivity contribution is 6.09. The van der Waals surface area contributed by atoms with Gasteiger partial charge in [-0.1, -0.05) is 18.2 Å². The average molecular weight is 255 g/mol. The lowest BCUT2D eigenvalue weighted by atomic mass is 10.0. The smallest absolute Gasteiger partial charge is 0.269 e. The summed E-state index contributed by atoms with van der Waals surface area (Å²) < 4.78 is 0. The van der Waals surface area contributed by atoms with Gasteiger partial charge in [0.2, 0.25) is 0 Å².